The molecule has 0 aromatic carbocycles. The van der Waals surface area contributed by atoms with Crippen LogP contribution < -0.4 is 0 Å². The van der Waals surface area contributed by atoms with E-state index in [1.807, 2.05) is 6.92 Å². The summed E-state index contributed by atoms with van der Waals surface area (Å²) in [6.45, 7) is 10.6. The van der Waals surface area contributed by atoms with Gasteiger partial charge in [0.15, 0.2) is 0 Å². The van der Waals surface area contributed by atoms with Gasteiger partial charge in [-0.15, -0.1) is 0 Å². The Morgan fingerprint density at radius 3 is 1.28 bits per heavy atom. The maximum atomic E-state index is 10.1. The van der Waals surface area contributed by atoms with Crippen LogP contribution in [0.3, 0.4) is 0 Å². The van der Waals surface area contributed by atoms with E-state index < -0.39 is 18.0 Å². The molecule has 0 fully saturated rings. The Kier molecular flexibility index (Phi) is 27.9. The maximum Gasteiger partial charge on any atom is 0.303 e. The largest absolute Gasteiger partial charge is 0.481 e. The number of aliphatic carboxylic acids is 2. The average molecular weight is 421 g/mol. The number of carbonyl (C=O) groups is 2. The minimum absolute atomic E-state index is 0.103. The van der Waals surface area contributed by atoms with Gasteiger partial charge in [0.2, 0.25) is 0 Å². The summed E-state index contributed by atoms with van der Waals surface area (Å²) in [7, 11) is 0. The molecule has 0 spiro atoms. The number of hydrogen-bond acceptors (Lipinski definition) is 4. The molecule has 0 bridgehead atoms. The Balaban J connectivity index is -0.000000360. The molecular formula is C23H48O6. The fraction of sp³-hybridized carbons (Fsp3) is 0.913. The highest BCUT2D eigenvalue weighted by molar-refractivity contribution is 5.66. The fourth-order valence-corrected chi connectivity index (χ4v) is 2.44. The van der Waals surface area contributed by atoms with E-state index in [0.29, 0.717) is 19.3 Å². The Hall–Kier alpha value is -1.14. The highest BCUT2D eigenvalue weighted by Gasteiger charge is 1.98. The lowest BCUT2D eigenvalue weighted by Crippen LogP contribution is -2.10. The number of carboxylic acids is 2. The third-order valence-corrected chi connectivity index (χ3v) is 4.18. The second kappa shape index (κ2) is 24.9. The molecule has 0 saturated heterocycles. The van der Waals surface area contributed by atoms with E-state index >= 15 is 0 Å². The van der Waals surface area contributed by atoms with Crippen molar-refractivity contribution in [3.8, 4) is 0 Å². The first-order valence-electron chi connectivity index (χ1n) is 11.3. The minimum atomic E-state index is -0.672. The van der Waals surface area contributed by atoms with Crippen molar-refractivity contribution in [3.63, 3.8) is 0 Å². The minimum Gasteiger partial charge on any atom is -0.481 e. The molecule has 0 rings (SSSR count). The summed E-state index contributed by atoms with van der Waals surface area (Å²) in [6, 6.07) is 0. The molecule has 0 amide bonds. The van der Waals surface area contributed by atoms with Crippen LogP contribution >= 0.6 is 0 Å². The maximum absolute atomic E-state index is 10.1. The van der Waals surface area contributed by atoms with Gasteiger partial charge in [-0.25, -0.2) is 0 Å². The highest BCUT2D eigenvalue weighted by atomic mass is 16.4. The summed E-state index contributed by atoms with van der Waals surface area (Å²) in [5.41, 5.74) is 0. The van der Waals surface area contributed by atoms with Gasteiger partial charge < -0.3 is 20.4 Å². The van der Waals surface area contributed by atoms with Gasteiger partial charge in [0, 0.05) is 12.8 Å². The van der Waals surface area contributed by atoms with Crippen LogP contribution in [0.5, 0.6) is 0 Å². The Bertz CT molecular complexity index is 327. The van der Waals surface area contributed by atoms with Crippen molar-refractivity contribution < 1.29 is 30.0 Å². The SMILES string of the molecule is CC(C)CCCCCC(=O)O.CC(C)CCCCCC(=O)O.CCCC(O)CO. The molecule has 0 saturated carbocycles. The molecule has 0 aliphatic heterocycles. The molecule has 0 aliphatic carbocycles. The Labute approximate surface area is 178 Å². The first-order valence-corrected chi connectivity index (χ1v) is 11.3. The van der Waals surface area contributed by atoms with E-state index in [2.05, 4.69) is 27.7 Å². The van der Waals surface area contributed by atoms with Crippen LogP contribution in [0, 0.1) is 11.8 Å². The first kappa shape index (κ1) is 32.5. The molecule has 29 heavy (non-hydrogen) atoms. The molecule has 6 nitrogen and oxygen atoms in total. The summed E-state index contributed by atoms with van der Waals surface area (Å²) in [5.74, 6) is 0.156. The van der Waals surface area contributed by atoms with Crippen molar-refractivity contribution in [2.75, 3.05) is 6.61 Å². The predicted molar refractivity (Wildman–Crippen MR) is 119 cm³/mol. The number of rotatable bonds is 15. The lowest BCUT2D eigenvalue weighted by atomic mass is 10.0. The van der Waals surface area contributed by atoms with Crippen LogP contribution in [0.4, 0.5) is 0 Å². The van der Waals surface area contributed by atoms with Gasteiger partial charge in [-0.1, -0.05) is 79.6 Å². The van der Waals surface area contributed by atoms with E-state index in [-0.39, 0.29) is 6.61 Å². The molecule has 1 atom stereocenters. The number of aliphatic hydroxyl groups is 2. The van der Waals surface area contributed by atoms with Crippen molar-refractivity contribution in [2.45, 2.75) is 118 Å². The summed E-state index contributed by atoms with van der Waals surface area (Å²) in [4.78, 5) is 20.2. The number of aliphatic hydroxyl groups excluding tert-OH is 2. The standard InChI is InChI=1S/2C9H18O2.C5H12O2/c2*1-8(2)6-4-3-5-7-9(10)11;1-2-3-5(7)4-6/h2*8H,3-7H2,1-2H3,(H,10,11);5-7H,2-4H2,1H3. The number of hydrogen-bond donors (Lipinski definition) is 4. The topological polar surface area (TPSA) is 115 Å². The number of carboxylic acid groups (broad SMARTS) is 2. The van der Waals surface area contributed by atoms with Crippen LogP contribution in [0.15, 0.2) is 0 Å². The van der Waals surface area contributed by atoms with Gasteiger partial charge in [-0.05, 0) is 31.1 Å². The van der Waals surface area contributed by atoms with E-state index in [4.69, 9.17) is 20.4 Å². The van der Waals surface area contributed by atoms with Crippen LogP contribution in [0.25, 0.3) is 0 Å². The Morgan fingerprint density at radius 2 is 1.07 bits per heavy atom. The van der Waals surface area contributed by atoms with Gasteiger partial charge in [0.25, 0.3) is 0 Å². The highest BCUT2D eigenvalue weighted by Crippen LogP contribution is 2.09. The molecule has 4 N–H and O–H groups in total. The van der Waals surface area contributed by atoms with Crippen molar-refractivity contribution in [1.82, 2.24) is 0 Å². The zero-order valence-corrected chi connectivity index (χ0v) is 19.5. The van der Waals surface area contributed by atoms with Gasteiger partial charge >= 0.3 is 11.9 Å². The molecule has 1 unspecified atom stereocenters. The van der Waals surface area contributed by atoms with E-state index in [1.54, 1.807) is 0 Å². The van der Waals surface area contributed by atoms with E-state index in [0.717, 1.165) is 43.9 Å². The first-order chi connectivity index (χ1) is 13.6. The van der Waals surface area contributed by atoms with Crippen LogP contribution in [0.1, 0.15) is 112 Å². The monoisotopic (exact) mass is 420 g/mol. The third-order valence-electron chi connectivity index (χ3n) is 4.18. The zero-order chi connectivity index (χ0) is 23.1. The molecule has 0 heterocycles. The third kappa shape index (κ3) is 42.1. The summed E-state index contributed by atoms with van der Waals surface area (Å²) in [5, 5.41) is 33.5. The van der Waals surface area contributed by atoms with Crippen molar-refractivity contribution in [2.24, 2.45) is 11.8 Å². The zero-order valence-electron chi connectivity index (χ0n) is 19.5. The smallest absolute Gasteiger partial charge is 0.303 e. The average Bonchev–Trinajstić information content (AvgIpc) is 2.61. The molecule has 0 aromatic heterocycles. The lowest BCUT2D eigenvalue weighted by Gasteiger charge is -2.02. The fourth-order valence-electron chi connectivity index (χ4n) is 2.44. The molecular weight excluding hydrogens is 372 g/mol. The summed E-state index contributed by atoms with van der Waals surface area (Å²) >= 11 is 0. The van der Waals surface area contributed by atoms with Crippen LogP contribution in [-0.2, 0) is 9.59 Å². The molecule has 6 heteroatoms. The number of unbranched alkanes of at least 4 members (excludes halogenated alkanes) is 4. The Morgan fingerprint density at radius 1 is 0.690 bits per heavy atom. The van der Waals surface area contributed by atoms with Gasteiger partial charge in [-0.3, -0.25) is 9.59 Å². The van der Waals surface area contributed by atoms with E-state index in [1.165, 1.54) is 25.7 Å². The van der Waals surface area contributed by atoms with Crippen molar-refractivity contribution in [1.29, 1.82) is 0 Å². The second-order valence-electron chi connectivity index (χ2n) is 8.40. The van der Waals surface area contributed by atoms with Gasteiger partial charge in [-0.2, -0.15) is 0 Å². The molecule has 0 radical (unpaired) electrons. The summed E-state index contributed by atoms with van der Waals surface area (Å²) in [6.07, 6.45) is 10.4. The van der Waals surface area contributed by atoms with Gasteiger partial charge in [0.1, 0.15) is 0 Å². The van der Waals surface area contributed by atoms with Gasteiger partial charge in [0.05, 0.1) is 12.7 Å². The predicted octanol–water partition coefficient (Wildman–Crippen LogP) is 5.49. The molecule has 0 aliphatic rings. The van der Waals surface area contributed by atoms with Crippen LogP contribution in [-0.4, -0.2) is 45.1 Å². The molecule has 176 valence electrons. The molecule has 0 aromatic rings. The second-order valence-corrected chi connectivity index (χ2v) is 8.40. The van der Waals surface area contributed by atoms with Crippen LogP contribution in [0.2, 0.25) is 0 Å². The van der Waals surface area contributed by atoms with Crippen molar-refractivity contribution >= 4 is 11.9 Å². The van der Waals surface area contributed by atoms with E-state index in [9.17, 15) is 9.59 Å². The summed E-state index contributed by atoms with van der Waals surface area (Å²) < 4.78 is 0. The lowest BCUT2D eigenvalue weighted by molar-refractivity contribution is -0.138. The quantitative estimate of drug-likeness (QED) is 0.260. The normalized spacial score (nSPS) is 11.3. The van der Waals surface area contributed by atoms with Crippen molar-refractivity contribution in [3.05, 3.63) is 0 Å².